The van der Waals surface area contributed by atoms with E-state index in [4.69, 9.17) is 9.47 Å². The third-order valence-electron chi connectivity index (χ3n) is 5.77. The van der Waals surface area contributed by atoms with E-state index in [1.165, 1.54) is 32.1 Å². The first-order valence-electron chi connectivity index (χ1n) is 11.0. The molecule has 0 atom stereocenters. The molecule has 1 aliphatic rings. The van der Waals surface area contributed by atoms with Gasteiger partial charge in [-0.15, -0.1) is 15.3 Å². The first-order valence-corrected chi connectivity index (χ1v) is 11.0. The summed E-state index contributed by atoms with van der Waals surface area (Å²) >= 11 is 0. The molecule has 8 heteroatoms. The smallest absolute Gasteiger partial charge is 0.231 e. The van der Waals surface area contributed by atoms with E-state index in [2.05, 4.69) is 20.6 Å². The average Bonchev–Trinajstić information content (AvgIpc) is 3.24. The number of nitrogens with zero attached hydrogens (tertiary/aromatic N) is 4. The molecule has 0 radical (unpaired) electrons. The zero-order valence-corrected chi connectivity index (χ0v) is 17.9. The highest BCUT2D eigenvalue weighted by molar-refractivity contribution is 5.75. The number of fused-ring (bicyclic) bond motifs is 1. The molecule has 1 N–H and O–H groups in total. The minimum Gasteiger partial charge on any atom is -0.497 e. The molecule has 0 unspecified atom stereocenters. The molecule has 0 saturated heterocycles. The van der Waals surface area contributed by atoms with Gasteiger partial charge in [-0.1, -0.05) is 32.1 Å². The zero-order chi connectivity index (χ0) is 21.5. The van der Waals surface area contributed by atoms with Crippen molar-refractivity contribution in [2.45, 2.75) is 44.9 Å². The van der Waals surface area contributed by atoms with Gasteiger partial charge in [0, 0.05) is 18.1 Å². The van der Waals surface area contributed by atoms with Crippen molar-refractivity contribution < 1.29 is 14.3 Å². The molecule has 0 spiro atoms. The second kappa shape index (κ2) is 10.2. The Bertz CT molecular complexity index is 996. The van der Waals surface area contributed by atoms with Crippen molar-refractivity contribution >= 4 is 11.6 Å². The summed E-state index contributed by atoms with van der Waals surface area (Å²) in [5, 5.41) is 15.8. The van der Waals surface area contributed by atoms with Gasteiger partial charge in [0.05, 0.1) is 13.7 Å². The minimum atomic E-state index is 0.0955. The Morgan fingerprint density at radius 2 is 1.90 bits per heavy atom. The number of carbonyl (C=O) groups excluding carboxylic acids is 1. The molecule has 8 nitrogen and oxygen atoms in total. The number of nitrogens with one attached hydrogen (secondary N) is 1. The lowest BCUT2D eigenvalue weighted by atomic mass is 9.86. The summed E-state index contributed by atoms with van der Waals surface area (Å²) in [4.78, 5) is 12.1. The van der Waals surface area contributed by atoms with E-state index in [9.17, 15) is 4.79 Å². The molecule has 164 valence electrons. The lowest BCUT2D eigenvalue weighted by Gasteiger charge is -2.20. The zero-order valence-electron chi connectivity index (χ0n) is 17.9. The van der Waals surface area contributed by atoms with Gasteiger partial charge in [0.15, 0.2) is 11.5 Å². The fourth-order valence-corrected chi connectivity index (χ4v) is 4.01. The second-order valence-electron chi connectivity index (χ2n) is 7.93. The summed E-state index contributed by atoms with van der Waals surface area (Å²) in [6.07, 6.45) is 8.09. The van der Waals surface area contributed by atoms with Crippen LogP contribution in [-0.4, -0.2) is 46.0 Å². The largest absolute Gasteiger partial charge is 0.497 e. The van der Waals surface area contributed by atoms with Crippen LogP contribution in [0.2, 0.25) is 0 Å². The van der Waals surface area contributed by atoms with Crippen LogP contribution in [0.1, 0.15) is 44.9 Å². The SMILES string of the molecule is COc1ccc(-c2nnc3ccc(OCCNC(=O)CCC4CCCCC4)nn23)cc1. The van der Waals surface area contributed by atoms with Crippen LogP contribution in [0.5, 0.6) is 11.6 Å². The standard InChI is InChI=1S/C23H29N5O3/c1-30-19-10-8-18(9-11-19)23-26-25-20-12-14-22(27-28(20)23)31-16-15-24-21(29)13-7-17-5-3-2-4-6-17/h8-12,14,17H,2-7,13,15-16H2,1H3,(H,24,29). The maximum Gasteiger partial charge on any atom is 0.231 e. The molecule has 1 fully saturated rings. The number of carbonyl (C=O) groups is 1. The van der Waals surface area contributed by atoms with Crippen molar-refractivity contribution in [2.24, 2.45) is 5.92 Å². The van der Waals surface area contributed by atoms with Crippen LogP contribution < -0.4 is 14.8 Å². The summed E-state index contributed by atoms with van der Waals surface area (Å²) < 4.78 is 12.6. The number of rotatable bonds is 9. The Kier molecular flexibility index (Phi) is 6.96. The lowest BCUT2D eigenvalue weighted by Crippen LogP contribution is -2.28. The Balaban J connectivity index is 1.28. The van der Waals surface area contributed by atoms with Gasteiger partial charge in [-0.05, 0) is 42.7 Å². The van der Waals surface area contributed by atoms with Crippen molar-refractivity contribution in [2.75, 3.05) is 20.3 Å². The molecule has 1 amide bonds. The monoisotopic (exact) mass is 423 g/mol. The average molecular weight is 424 g/mol. The summed E-state index contributed by atoms with van der Waals surface area (Å²) in [7, 11) is 1.63. The van der Waals surface area contributed by atoms with E-state index in [-0.39, 0.29) is 5.91 Å². The fraction of sp³-hybridized carbons (Fsp3) is 0.478. The molecule has 2 heterocycles. The number of benzene rings is 1. The van der Waals surface area contributed by atoms with Crippen LogP contribution in [-0.2, 0) is 4.79 Å². The van der Waals surface area contributed by atoms with E-state index < -0.39 is 0 Å². The number of methoxy groups -OCH3 is 1. The van der Waals surface area contributed by atoms with Crippen molar-refractivity contribution in [1.29, 1.82) is 0 Å². The predicted molar refractivity (Wildman–Crippen MR) is 117 cm³/mol. The first kappa shape index (κ1) is 21.1. The molecule has 2 aromatic heterocycles. The van der Waals surface area contributed by atoms with Crippen molar-refractivity contribution in [1.82, 2.24) is 25.1 Å². The van der Waals surface area contributed by atoms with Crippen molar-refractivity contribution in [3.05, 3.63) is 36.4 Å². The van der Waals surface area contributed by atoms with Crippen LogP contribution in [0, 0.1) is 5.92 Å². The summed E-state index contributed by atoms with van der Waals surface area (Å²) in [5.41, 5.74) is 1.51. The van der Waals surface area contributed by atoms with E-state index in [1.807, 2.05) is 30.3 Å². The van der Waals surface area contributed by atoms with Gasteiger partial charge in [-0.2, -0.15) is 4.52 Å². The first-order chi connectivity index (χ1) is 15.2. The van der Waals surface area contributed by atoms with Gasteiger partial charge < -0.3 is 14.8 Å². The molecule has 3 aromatic rings. The Labute approximate surface area is 182 Å². The Morgan fingerprint density at radius 1 is 1.10 bits per heavy atom. The molecular weight excluding hydrogens is 394 g/mol. The molecule has 0 aliphatic heterocycles. The van der Waals surface area contributed by atoms with Gasteiger partial charge in [0.2, 0.25) is 11.8 Å². The third kappa shape index (κ3) is 5.51. The molecule has 4 rings (SSSR count). The van der Waals surface area contributed by atoms with Crippen molar-refractivity contribution in [3.63, 3.8) is 0 Å². The maximum atomic E-state index is 12.1. The Morgan fingerprint density at radius 3 is 2.68 bits per heavy atom. The van der Waals surface area contributed by atoms with Gasteiger partial charge in [-0.3, -0.25) is 4.79 Å². The highest BCUT2D eigenvalue weighted by Gasteiger charge is 2.15. The number of hydrogen-bond acceptors (Lipinski definition) is 6. The van der Waals surface area contributed by atoms with Gasteiger partial charge in [0.1, 0.15) is 12.4 Å². The highest BCUT2D eigenvalue weighted by Crippen LogP contribution is 2.27. The molecule has 0 bridgehead atoms. The topological polar surface area (TPSA) is 90.6 Å². The van der Waals surface area contributed by atoms with Gasteiger partial charge >= 0.3 is 0 Å². The lowest BCUT2D eigenvalue weighted by molar-refractivity contribution is -0.121. The number of ether oxygens (including phenoxy) is 2. The highest BCUT2D eigenvalue weighted by atomic mass is 16.5. The third-order valence-corrected chi connectivity index (χ3v) is 5.77. The van der Waals surface area contributed by atoms with E-state index in [0.29, 0.717) is 36.9 Å². The van der Waals surface area contributed by atoms with Crippen molar-refractivity contribution in [3.8, 4) is 23.0 Å². The summed E-state index contributed by atoms with van der Waals surface area (Å²) in [6.45, 7) is 0.810. The van der Waals surface area contributed by atoms with Crippen LogP contribution in [0.15, 0.2) is 36.4 Å². The molecule has 1 saturated carbocycles. The number of amides is 1. The molecule has 1 aliphatic carbocycles. The Hall–Kier alpha value is -3.16. The van der Waals surface area contributed by atoms with E-state index in [0.717, 1.165) is 23.7 Å². The molecule has 1 aromatic carbocycles. The number of aromatic nitrogens is 4. The normalized spacial score (nSPS) is 14.5. The minimum absolute atomic E-state index is 0.0955. The second-order valence-corrected chi connectivity index (χ2v) is 7.93. The predicted octanol–water partition coefficient (Wildman–Crippen LogP) is 3.66. The van der Waals surface area contributed by atoms with Crippen LogP contribution >= 0.6 is 0 Å². The van der Waals surface area contributed by atoms with Crippen LogP contribution in [0.25, 0.3) is 17.0 Å². The van der Waals surface area contributed by atoms with Gasteiger partial charge in [0.25, 0.3) is 0 Å². The fourth-order valence-electron chi connectivity index (χ4n) is 4.01. The number of hydrogen-bond donors (Lipinski definition) is 1. The van der Waals surface area contributed by atoms with E-state index in [1.54, 1.807) is 17.7 Å². The van der Waals surface area contributed by atoms with Gasteiger partial charge in [-0.25, -0.2) is 0 Å². The molecule has 31 heavy (non-hydrogen) atoms. The van der Waals surface area contributed by atoms with Crippen LogP contribution in [0.3, 0.4) is 0 Å². The quantitative estimate of drug-likeness (QED) is 0.528. The summed E-state index contributed by atoms with van der Waals surface area (Å²) in [6, 6.07) is 11.1. The van der Waals surface area contributed by atoms with E-state index >= 15 is 0 Å². The maximum absolute atomic E-state index is 12.1. The van der Waals surface area contributed by atoms with Crippen LogP contribution in [0.4, 0.5) is 0 Å². The molecular formula is C23H29N5O3. The summed E-state index contributed by atoms with van der Waals surface area (Å²) in [5.74, 6) is 2.67.